The summed E-state index contributed by atoms with van der Waals surface area (Å²) in [4.78, 5) is 0. The molecule has 0 aliphatic rings. The Balaban J connectivity index is 3.64. The van der Waals surface area contributed by atoms with Crippen molar-refractivity contribution in [1.29, 1.82) is 0 Å². The van der Waals surface area contributed by atoms with Crippen LogP contribution in [-0.2, 0) is 0 Å². The molecule has 0 aromatic carbocycles. The average Bonchev–Trinajstić information content (AvgIpc) is 2.01. The van der Waals surface area contributed by atoms with Gasteiger partial charge < -0.3 is 10.4 Å². The smallest absolute Gasteiger partial charge is 0.389 e. The topological polar surface area (TPSA) is 32.3 Å². The first-order valence-electron chi connectivity index (χ1n) is 5.27. The molecule has 5 heteroatoms. The van der Waals surface area contributed by atoms with Crippen molar-refractivity contribution < 1.29 is 18.3 Å². The highest BCUT2D eigenvalue weighted by Gasteiger charge is 2.28. The van der Waals surface area contributed by atoms with Gasteiger partial charge in [0.1, 0.15) is 0 Å². The monoisotopic (exact) mass is 227 g/mol. The number of alkyl halides is 3. The van der Waals surface area contributed by atoms with E-state index in [1.165, 1.54) is 0 Å². The summed E-state index contributed by atoms with van der Waals surface area (Å²) < 4.78 is 35.5. The minimum atomic E-state index is -4.11. The van der Waals surface area contributed by atoms with Gasteiger partial charge in [0, 0.05) is 6.42 Å². The Kier molecular flexibility index (Phi) is 6.20. The number of aliphatic hydroxyl groups is 1. The van der Waals surface area contributed by atoms with Crippen LogP contribution in [0.2, 0.25) is 0 Å². The van der Waals surface area contributed by atoms with Gasteiger partial charge in [-0.05, 0) is 39.3 Å². The van der Waals surface area contributed by atoms with Crippen molar-refractivity contribution >= 4 is 0 Å². The third-order valence-corrected chi connectivity index (χ3v) is 2.27. The molecule has 0 aromatic heterocycles. The van der Waals surface area contributed by atoms with Crippen LogP contribution in [0.15, 0.2) is 0 Å². The first kappa shape index (κ1) is 14.7. The Hall–Kier alpha value is -0.290. The lowest BCUT2D eigenvalue weighted by molar-refractivity contribution is -0.137. The van der Waals surface area contributed by atoms with Gasteiger partial charge in [0.2, 0.25) is 0 Å². The van der Waals surface area contributed by atoms with Crippen LogP contribution in [0.1, 0.15) is 39.5 Å². The van der Waals surface area contributed by atoms with E-state index in [1.54, 1.807) is 6.92 Å². The lowest BCUT2D eigenvalue weighted by Crippen LogP contribution is -2.30. The van der Waals surface area contributed by atoms with Crippen LogP contribution in [0, 0.1) is 0 Å². The third-order valence-electron chi connectivity index (χ3n) is 2.27. The van der Waals surface area contributed by atoms with Crippen LogP contribution < -0.4 is 5.32 Å². The van der Waals surface area contributed by atoms with Gasteiger partial charge >= 0.3 is 6.18 Å². The van der Waals surface area contributed by atoms with E-state index in [4.69, 9.17) is 0 Å². The van der Waals surface area contributed by atoms with Gasteiger partial charge in [-0.25, -0.2) is 0 Å². The van der Waals surface area contributed by atoms with Gasteiger partial charge in [-0.15, -0.1) is 0 Å². The summed E-state index contributed by atoms with van der Waals surface area (Å²) in [5, 5.41) is 12.8. The van der Waals surface area contributed by atoms with Crippen molar-refractivity contribution in [2.75, 3.05) is 13.1 Å². The maximum Gasteiger partial charge on any atom is 0.389 e. The zero-order valence-electron chi connectivity index (χ0n) is 9.32. The molecule has 0 rings (SSSR count). The molecule has 0 aliphatic carbocycles. The Morgan fingerprint density at radius 1 is 1.13 bits per heavy atom. The molecule has 2 N–H and O–H groups in total. The lowest BCUT2D eigenvalue weighted by atomic mass is 9.95. The molecule has 0 heterocycles. The fourth-order valence-corrected chi connectivity index (χ4v) is 1.33. The predicted molar refractivity (Wildman–Crippen MR) is 53.7 cm³/mol. The van der Waals surface area contributed by atoms with E-state index in [-0.39, 0.29) is 12.8 Å². The quantitative estimate of drug-likeness (QED) is 0.655. The molecule has 0 spiro atoms. The second-order valence-corrected chi connectivity index (χ2v) is 4.07. The van der Waals surface area contributed by atoms with E-state index in [0.29, 0.717) is 13.0 Å². The van der Waals surface area contributed by atoms with Gasteiger partial charge in [-0.2, -0.15) is 13.2 Å². The highest BCUT2D eigenvalue weighted by atomic mass is 19.4. The van der Waals surface area contributed by atoms with Crippen molar-refractivity contribution in [3.63, 3.8) is 0 Å². The van der Waals surface area contributed by atoms with Gasteiger partial charge in [0.05, 0.1) is 5.60 Å². The van der Waals surface area contributed by atoms with Crippen molar-refractivity contribution in [2.24, 2.45) is 0 Å². The Labute approximate surface area is 88.9 Å². The number of hydrogen-bond acceptors (Lipinski definition) is 2. The van der Waals surface area contributed by atoms with Crippen molar-refractivity contribution in [2.45, 2.75) is 51.3 Å². The summed E-state index contributed by atoms with van der Waals surface area (Å²) >= 11 is 0. The maximum absolute atomic E-state index is 11.8. The SMILES string of the molecule is CCNCCC(C)(O)CCCC(F)(F)F. The molecule has 0 radical (unpaired) electrons. The summed E-state index contributed by atoms with van der Waals surface area (Å²) in [5.74, 6) is 0. The molecule has 0 amide bonds. The molecule has 0 aromatic rings. The second-order valence-electron chi connectivity index (χ2n) is 4.07. The van der Waals surface area contributed by atoms with E-state index in [1.807, 2.05) is 6.92 Å². The molecule has 0 aliphatic heterocycles. The average molecular weight is 227 g/mol. The molecule has 0 saturated carbocycles. The summed E-state index contributed by atoms with van der Waals surface area (Å²) in [6.07, 6.45) is -4.26. The molecular formula is C10H20F3NO. The number of halogens is 3. The summed E-state index contributed by atoms with van der Waals surface area (Å²) in [6, 6.07) is 0. The largest absolute Gasteiger partial charge is 0.390 e. The second kappa shape index (κ2) is 6.33. The van der Waals surface area contributed by atoms with Crippen molar-refractivity contribution in [1.82, 2.24) is 5.32 Å². The standard InChI is InChI=1S/C10H20F3NO/c1-3-14-8-7-9(2,15)5-4-6-10(11,12)13/h14-15H,3-8H2,1-2H3. The van der Waals surface area contributed by atoms with Gasteiger partial charge in [-0.3, -0.25) is 0 Å². The normalized spacial score (nSPS) is 16.4. The molecule has 2 nitrogen and oxygen atoms in total. The van der Waals surface area contributed by atoms with Crippen LogP contribution >= 0.6 is 0 Å². The molecule has 1 atom stereocenters. The van der Waals surface area contributed by atoms with Crippen LogP contribution in [0.25, 0.3) is 0 Å². The maximum atomic E-state index is 11.8. The van der Waals surface area contributed by atoms with Gasteiger partial charge in [-0.1, -0.05) is 6.92 Å². The minimum absolute atomic E-state index is 0.0113. The Bertz CT molecular complexity index is 169. The number of hydrogen-bond donors (Lipinski definition) is 2. The van der Waals surface area contributed by atoms with E-state index in [2.05, 4.69) is 5.32 Å². The Morgan fingerprint density at radius 3 is 2.20 bits per heavy atom. The molecule has 92 valence electrons. The Morgan fingerprint density at radius 2 is 1.73 bits per heavy atom. The fraction of sp³-hybridized carbons (Fsp3) is 1.00. The lowest BCUT2D eigenvalue weighted by Gasteiger charge is -2.23. The molecule has 15 heavy (non-hydrogen) atoms. The number of nitrogens with one attached hydrogen (secondary N) is 1. The highest BCUT2D eigenvalue weighted by Crippen LogP contribution is 2.25. The van der Waals surface area contributed by atoms with E-state index in [9.17, 15) is 18.3 Å². The van der Waals surface area contributed by atoms with E-state index < -0.39 is 18.2 Å². The van der Waals surface area contributed by atoms with E-state index in [0.717, 1.165) is 6.54 Å². The summed E-state index contributed by atoms with van der Waals surface area (Å²) in [7, 11) is 0. The first-order chi connectivity index (χ1) is 6.77. The summed E-state index contributed by atoms with van der Waals surface area (Å²) in [5.41, 5.74) is -0.993. The van der Waals surface area contributed by atoms with E-state index >= 15 is 0 Å². The molecule has 0 saturated heterocycles. The summed E-state index contributed by atoms with van der Waals surface area (Å²) in [6.45, 7) is 4.97. The van der Waals surface area contributed by atoms with Crippen molar-refractivity contribution in [3.05, 3.63) is 0 Å². The predicted octanol–water partition coefficient (Wildman–Crippen LogP) is 2.47. The first-order valence-corrected chi connectivity index (χ1v) is 5.27. The van der Waals surface area contributed by atoms with Crippen molar-refractivity contribution in [3.8, 4) is 0 Å². The number of rotatable bonds is 7. The third kappa shape index (κ3) is 10.0. The zero-order valence-corrected chi connectivity index (χ0v) is 9.32. The molecule has 1 unspecified atom stereocenters. The van der Waals surface area contributed by atoms with Gasteiger partial charge in [0.25, 0.3) is 0 Å². The molecule has 0 bridgehead atoms. The van der Waals surface area contributed by atoms with Crippen LogP contribution in [0.5, 0.6) is 0 Å². The fourth-order valence-electron chi connectivity index (χ4n) is 1.33. The van der Waals surface area contributed by atoms with Gasteiger partial charge in [0.15, 0.2) is 0 Å². The molecule has 0 fully saturated rings. The van der Waals surface area contributed by atoms with Crippen LogP contribution in [0.4, 0.5) is 13.2 Å². The zero-order chi connectivity index (χ0) is 11.9. The molecular weight excluding hydrogens is 207 g/mol. The van der Waals surface area contributed by atoms with Crippen LogP contribution in [-0.4, -0.2) is 30.0 Å². The van der Waals surface area contributed by atoms with Crippen LogP contribution in [0.3, 0.4) is 0 Å². The minimum Gasteiger partial charge on any atom is -0.390 e. The highest BCUT2D eigenvalue weighted by molar-refractivity contribution is 4.74.